The number of rotatable bonds is 7. The van der Waals surface area contributed by atoms with Gasteiger partial charge in [-0.05, 0) is 31.8 Å². The van der Waals surface area contributed by atoms with E-state index in [2.05, 4.69) is 32.3 Å². The van der Waals surface area contributed by atoms with E-state index < -0.39 is 0 Å². The quantitative estimate of drug-likeness (QED) is 0.765. The van der Waals surface area contributed by atoms with Crippen molar-refractivity contribution in [1.29, 1.82) is 0 Å². The summed E-state index contributed by atoms with van der Waals surface area (Å²) >= 11 is 0. The van der Waals surface area contributed by atoms with Gasteiger partial charge in [-0.25, -0.2) is 0 Å². The van der Waals surface area contributed by atoms with E-state index in [1.165, 1.54) is 12.8 Å². The van der Waals surface area contributed by atoms with Crippen LogP contribution in [-0.2, 0) is 11.2 Å². The van der Waals surface area contributed by atoms with Gasteiger partial charge < -0.3 is 15.0 Å². The first kappa shape index (κ1) is 14.3. The van der Waals surface area contributed by atoms with E-state index in [-0.39, 0.29) is 0 Å². The normalized spacial score (nSPS) is 17.1. The minimum Gasteiger partial charge on any atom is -0.384 e. The summed E-state index contributed by atoms with van der Waals surface area (Å²) in [4.78, 5) is 6.80. The molecule has 108 valence electrons. The molecule has 1 aliphatic rings. The molecule has 19 heavy (non-hydrogen) atoms. The summed E-state index contributed by atoms with van der Waals surface area (Å²) in [6.45, 7) is 7.14. The first-order valence-corrected chi connectivity index (χ1v) is 7.19. The topological polar surface area (TPSA) is 66.1 Å². The minimum atomic E-state index is 0.680. The summed E-state index contributed by atoms with van der Waals surface area (Å²) in [5, 5.41) is 10.7. The Morgan fingerprint density at radius 1 is 1.42 bits per heavy atom. The minimum absolute atomic E-state index is 0.680. The lowest BCUT2D eigenvalue weighted by Gasteiger charge is -2.31. The maximum Gasteiger partial charge on any atom is 0.244 e. The van der Waals surface area contributed by atoms with Crippen LogP contribution in [-0.4, -0.2) is 55.1 Å². The molecule has 1 aliphatic heterocycles. The highest BCUT2D eigenvalue weighted by Gasteiger charge is 2.21. The predicted molar refractivity (Wildman–Crippen MR) is 75.4 cm³/mol. The fraction of sp³-hybridized carbons (Fsp3) is 0.846. The lowest BCUT2D eigenvalue weighted by Crippen LogP contribution is -2.37. The molecule has 0 radical (unpaired) electrons. The highest BCUT2D eigenvalue weighted by molar-refractivity contribution is 5.29. The van der Waals surface area contributed by atoms with Gasteiger partial charge in [-0.1, -0.05) is 6.92 Å². The van der Waals surface area contributed by atoms with Crippen LogP contribution in [0.4, 0.5) is 5.95 Å². The summed E-state index contributed by atoms with van der Waals surface area (Å²) in [5.41, 5.74) is 0. The molecule has 2 heterocycles. The molecular formula is C13H25N5O. The van der Waals surface area contributed by atoms with Gasteiger partial charge in [0.15, 0.2) is 0 Å². The summed E-state index contributed by atoms with van der Waals surface area (Å²) in [6.07, 6.45) is 3.23. The van der Waals surface area contributed by atoms with Crippen LogP contribution in [0.15, 0.2) is 0 Å². The van der Waals surface area contributed by atoms with Crippen LogP contribution < -0.4 is 10.2 Å². The number of ether oxygens (including phenoxy) is 1. The Bertz CT molecular complexity index is 360. The summed E-state index contributed by atoms with van der Waals surface area (Å²) in [7, 11) is 1.70. The average molecular weight is 267 g/mol. The number of hydrogen-bond donors (Lipinski definition) is 2. The molecule has 1 fully saturated rings. The molecule has 6 nitrogen and oxygen atoms in total. The van der Waals surface area contributed by atoms with Crippen LogP contribution in [0.1, 0.15) is 25.6 Å². The van der Waals surface area contributed by atoms with Crippen LogP contribution in [0.5, 0.6) is 0 Å². The zero-order chi connectivity index (χ0) is 13.5. The maximum atomic E-state index is 5.04. The molecule has 0 aromatic carbocycles. The third-order valence-corrected chi connectivity index (χ3v) is 3.64. The first-order chi connectivity index (χ1) is 9.33. The van der Waals surface area contributed by atoms with Gasteiger partial charge in [0.05, 0.1) is 6.61 Å². The maximum absolute atomic E-state index is 5.04. The second-order valence-electron chi connectivity index (χ2n) is 5.06. The van der Waals surface area contributed by atoms with E-state index in [0.29, 0.717) is 6.61 Å². The highest BCUT2D eigenvalue weighted by atomic mass is 16.5. The Hall–Kier alpha value is -1.14. The molecule has 0 saturated carbocycles. The van der Waals surface area contributed by atoms with Crippen LogP contribution in [0.3, 0.4) is 0 Å². The Morgan fingerprint density at radius 2 is 2.21 bits per heavy atom. The van der Waals surface area contributed by atoms with Crippen LogP contribution in [0.25, 0.3) is 0 Å². The molecule has 0 bridgehead atoms. The SMILES string of the molecule is CCNCC1CCN(c2n[nH]c(CCOC)n2)CC1. The van der Waals surface area contributed by atoms with Crippen molar-refractivity contribution in [2.45, 2.75) is 26.2 Å². The lowest BCUT2D eigenvalue weighted by molar-refractivity contribution is 0.200. The zero-order valence-electron chi connectivity index (χ0n) is 12.0. The zero-order valence-corrected chi connectivity index (χ0v) is 12.0. The van der Waals surface area contributed by atoms with Crippen molar-refractivity contribution in [3.8, 4) is 0 Å². The van der Waals surface area contributed by atoms with Gasteiger partial charge in [0, 0.05) is 26.6 Å². The fourth-order valence-corrected chi connectivity index (χ4v) is 2.42. The number of nitrogens with zero attached hydrogens (tertiary/aromatic N) is 3. The van der Waals surface area contributed by atoms with Crippen LogP contribution in [0.2, 0.25) is 0 Å². The van der Waals surface area contributed by atoms with Gasteiger partial charge in [-0.15, -0.1) is 5.10 Å². The van der Waals surface area contributed by atoms with Crippen LogP contribution in [0, 0.1) is 5.92 Å². The van der Waals surface area contributed by atoms with Gasteiger partial charge in [-0.3, -0.25) is 5.10 Å². The van der Waals surface area contributed by atoms with Crippen molar-refractivity contribution in [3.05, 3.63) is 5.82 Å². The molecule has 0 unspecified atom stereocenters. The lowest BCUT2D eigenvalue weighted by atomic mass is 9.97. The average Bonchev–Trinajstić information content (AvgIpc) is 2.92. The van der Waals surface area contributed by atoms with E-state index in [1.54, 1.807) is 7.11 Å². The molecule has 0 aliphatic carbocycles. The third-order valence-electron chi connectivity index (χ3n) is 3.64. The fourth-order valence-electron chi connectivity index (χ4n) is 2.42. The Morgan fingerprint density at radius 3 is 2.89 bits per heavy atom. The predicted octanol–water partition coefficient (Wildman–Crippen LogP) is 0.819. The number of aromatic amines is 1. The van der Waals surface area contributed by atoms with Crippen molar-refractivity contribution in [1.82, 2.24) is 20.5 Å². The Kier molecular flexibility index (Phi) is 5.60. The molecule has 0 amide bonds. The van der Waals surface area contributed by atoms with Crippen molar-refractivity contribution >= 4 is 5.95 Å². The van der Waals surface area contributed by atoms with Crippen molar-refractivity contribution in [2.24, 2.45) is 5.92 Å². The van der Waals surface area contributed by atoms with Gasteiger partial charge in [0.2, 0.25) is 5.95 Å². The Balaban J connectivity index is 1.78. The molecule has 1 aromatic heterocycles. The molecular weight excluding hydrogens is 242 g/mol. The number of aromatic nitrogens is 3. The molecule has 0 atom stereocenters. The van der Waals surface area contributed by atoms with E-state index in [0.717, 1.165) is 50.3 Å². The second kappa shape index (κ2) is 7.45. The highest BCUT2D eigenvalue weighted by Crippen LogP contribution is 2.20. The third kappa shape index (κ3) is 4.18. The monoisotopic (exact) mass is 267 g/mol. The van der Waals surface area contributed by atoms with Crippen molar-refractivity contribution in [2.75, 3.05) is 44.8 Å². The van der Waals surface area contributed by atoms with E-state index in [4.69, 9.17) is 4.74 Å². The van der Waals surface area contributed by atoms with Crippen LogP contribution >= 0.6 is 0 Å². The number of methoxy groups -OCH3 is 1. The Labute approximate surface area is 114 Å². The summed E-state index contributed by atoms with van der Waals surface area (Å²) in [5.74, 6) is 2.54. The smallest absolute Gasteiger partial charge is 0.244 e. The van der Waals surface area contributed by atoms with E-state index >= 15 is 0 Å². The summed E-state index contributed by atoms with van der Waals surface area (Å²) < 4.78 is 5.04. The largest absolute Gasteiger partial charge is 0.384 e. The second-order valence-corrected chi connectivity index (χ2v) is 5.06. The summed E-state index contributed by atoms with van der Waals surface area (Å²) in [6, 6.07) is 0. The standard InChI is InChI=1S/C13H25N5O/c1-3-14-10-11-4-7-18(8-5-11)13-15-12(16-17-13)6-9-19-2/h11,14H,3-10H2,1-2H3,(H,15,16,17). The van der Waals surface area contributed by atoms with E-state index in [9.17, 15) is 0 Å². The van der Waals surface area contributed by atoms with Gasteiger partial charge in [0.25, 0.3) is 0 Å². The van der Waals surface area contributed by atoms with Crippen molar-refractivity contribution < 1.29 is 4.74 Å². The molecule has 6 heteroatoms. The van der Waals surface area contributed by atoms with Gasteiger partial charge in [-0.2, -0.15) is 4.98 Å². The van der Waals surface area contributed by atoms with E-state index in [1.807, 2.05) is 0 Å². The van der Waals surface area contributed by atoms with Gasteiger partial charge in [0.1, 0.15) is 5.82 Å². The number of anilines is 1. The first-order valence-electron chi connectivity index (χ1n) is 7.19. The molecule has 2 rings (SSSR count). The molecule has 0 spiro atoms. The number of H-pyrrole nitrogens is 1. The molecule has 2 N–H and O–H groups in total. The van der Waals surface area contributed by atoms with Crippen molar-refractivity contribution in [3.63, 3.8) is 0 Å². The van der Waals surface area contributed by atoms with Gasteiger partial charge >= 0.3 is 0 Å². The molecule has 1 aromatic rings. The number of hydrogen-bond acceptors (Lipinski definition) is 5. The number of nitrogens with one attached hydrogen (secondary N) is 2. The number of piperidine rings is 1. The molecule has 1 saturated heterocycles.